The number of rotatable bonds is 10. The number of para-hydroxylation sites is 3. The van der Waals surface area contributed by atoms with E-state index in [1.54, 1.807) is 0 Å². The van der Waals surface area contributed by atoms with Crippen LogP contribution in [-0.2, 0) is 12.8 Å². The number of imidazole rings is 2. The Hall–Kier alpha value is -5.76. The highest BCUT2D eigenvalue weighted by Gasteiger charge is 2.22. The van der Waals surface area contributed by atoms with Crippen molar-refractivity contribution in [1.29, 1.82) is 0 Å². The van der Waals surface area contributed by atoms with Crippen molar-refractivity contribution in [3.05, 3.63) is 131 Å². The molecule has 8 nitrogen and oxygen atoms in total. The first-order valence-corrected chi connectivity index (χ1v) is 18.7. The lowest BCUT2D eigenvalue weighted by atomic mass is 9.92. The van der Waals surface area contributed by atoms with Crippen LogP contribution in [0, 0.1) is 27.7 Å². The normalized spacial score (nSPS) is 12.0. The minimum atomic E-state index is 0.344. The molecule has 0 unspecified atom stereocenters. The van der Waals surface area contributed by atoms with Gasteiger partial charge in [0.1, 0.15) is 22.7 Å². The Labute approximate surface area is 310 Å². The van der Waals surface area contributed by atoms with Gasteiger partial charge < -0.3 is 8.83 Å². The number of aromatic nitrogens is 6. The number of benzene rings is 4. The summed E-state index contributed by atoms with van der Waals surface area (Å²) in [6.45, 7) is 17.1. The Bertz CT molecular complexity index is 2570. The molecule has 8 aromatic rings. The molecule has 0 aliphatic rings. The number of oxazole rings is 2. The van der Waals surface area contributed by atoms with Crippen molar-refractivity contribution >= 4 is 22.2 Å². The van der Waals surface area contributed by atoms with Crippen molar-refractivity contribution in [2.45, 2.75) is 86.5 Å². The van der Waals surface area contributed by atoms with Crippen molar-refractivity contribution in [2.75, 3.05) is 0 Å². The molecule has 8 rings (SSSR count). The van der Waals surface area contributed by atoms with Crippen molar-refractivity contribution in [2.24, 2.45) is 0 Å². The third kappa shape index (κ3) is 6.37. The third-order valence-corrected chi connectivity index (χ3v) is 10.2. The van der Waals surface area contributed by atoms with E-state index < -0.39 is 0 Å². The molecule has 0 fully saturated rings. The summed E-state index contributed by atoms with van der Waals surface area (Å²) < 4.78 is 16.5. The Balaban J connectivity index is 1.18. The van der Waals surface area contributed by atoms with Crippen molar-refractivity contribution in [1.82, 2.24) is 29.1 Å². The number of nitrogens with zero attached hydrogens (tertiary/aromatic N) is 6. The Morgan fingerprint density at radius 3 is 1.85 bits per heavy atom. The Morgan fingerprint density at radius 2 is 1.17 bits per heavy atom. The number of hydrogen-bond donors (Lipinski definition) is 0. The van der Waals surface area contributed by atoms with Crippen LogP contribution in [0.4, 0.5) is 0 Å². The van der Waals surface area contributed by atoms with Gasteiger partial charge in [-0.1, -0.05) is 70.2 Å². The quantitative estimate of drug-likeness (QED) is 0.141. The van der Waals surface area contributed by atoms with Gasteiger partial charge in [-0.25, -0.2) is 19.9 Å². The number of fused-ring (bicyclic) bond motifs is 2. The maximum atomic E-state index is 6.13. The van der Waals surface area contributed by atoms with E-state index in [9.17, 15) is 0 Å². The topological polar surface area (TPSA) is 87.7 Å². The van der Waals surface area contributed by atoms with Crippen LogP contribution in [0.25, 0.3) is 56.3 Å². The second-order valence-electron chi connectivity index (χ2n) is 14.8. The molecule has 8 heteroatoms. The first-order valence-electron chi connectivity index (χ1n) is 18.7. The number of aryl methyl sites for hydroxylation is 6. The first-order chi connectivity index (χ1) is 25.5. The summed E-state index contributed by atoms with van der Waals surface area (Å²) in [5.74, 6) is 3.76. The molecule has 0 radical (unpaired) electrons. The van der Waals surface area contributed by atoms with Crippen LogP contribution >= 0.6 is 0 Å². The van der Waals surface area contributed by atoms with Crippen LogP contribution in [0.1, 0.15) is 91.4 Å². The van der Waals surface area contributed by atoms with Gasteiger partial charge >= 0.3 is 0 Å². The van der Waals surface area contributed by atoms with E-state index in [0.717, 1.165) is 81.3 Å². The molecule has 0 N–H and O–H groups in total. The van der Waals surface area contributed by atoms with Crippen molar-refractivity contribution in [3.63, 3.8) is 0 Å². The molecule has 53 heavy (non-hydrogen) atoms. The SMILES string of the molecule is Cc1nc2cc(-c3nc(CCCc4cn(-c5c(C)cccc5C)c(-c5cccc6nc(C)oc56)n4)cn3-c3c(C(C)C)cccc3C(C)C)ccc2o1. The molecule has 0 spiro atoms. The second kappa shape index (κ2) is 13.7. The van der Waals surface area contributed by atoms with Gasteiger partial charge in [0.05, 0.1) is 28.3 Å². The van der Waals surface area contributed by atoms with Gasteiger partial charge in [-0.3, -0.25) is 9.13 Å². The minimum absolute atomic E-state index is 0.344. The third-order valence-electron chi connectivity index (χ3n) is 10.2. The molecule has 0 atom stereocenters. The average molecular weight is 703 g/mol. The van der Waals surface area contributed by atoms with E-state index in [1.807, 2.05) is 32.0 Å². The molecule has 268 valence electrons. The molecule has 4 aromatic carbocycles. The van der Waals surface area contributed by atoms with Gasteiger partial charge in [0.15, 0.2) is 22.9 Å². The van der Waals surface area contributed by atoms with Gasteiger partial charge in [-0.05, 0) is 97.5 Å². The fraction of sp³-hybridized carbons (Fsp3) is 0.289. The number of hydrogen-bond acceptors (Lipinski definition) is 6. The molecule has 4 heterocycles. The fourth-order valence-electron chi connectivity index (χ4n) is 7.68. The van der Waals surface area contributed by atoms with Crippen LogP contribution in [0.15, 0.2) is 94.0 Å². The Morgan fingerprint density at radius 1 is 0.585 bits per heavy atom. The maximum Gasteiger partial charge on any atom is 0.192 e. The van der Waals surface area contributed by atoms with E-state index in [0.29, 0.717) is 23.6 Å². The van der Waals surface area contributed by atoms with Gasteiger partial charge in [0.25, 0.3) is 0 Å². The summed E-state index contributed by atoms with van der Waals surface area (Å²) >= 11 is 0. The van der Waals surface area contributed by atoms with Crippen LogP contribution in [-0.4, -0.2) is 29.1 Å². The summed E-state index contributed by atoms with van der Waals surface area (Å²) in [6, 6.07) is 25.4. The van der Waals surface area contributed by atoms with Gasteiger partial charge in [0.2, 0.25) is 0 Å². The van der Waals surface area contributed by atoms with E-state index in [4.69, 9.17) is 18.8 Å². The summed E-state index contributed by atoms with van der Waals surface area (Å²) in [5.41, 5.74) is 14.6. The predicted molar refractivity (Wildman–Crippen MR) is 212 cm³/mol. The van der Waals surface area contributed by atoms with E-state index in [-0.39, 0.29) is 0 Å². The van der Waals surface area contributed by atoms with Gasteiger partial charge in [-0.2, -0.15) is 0 Å². The lowest BCUT2D eigenvalue weighted by molar-refractivity contribution is 0.561. The van der Waals surface area contributed by atoms with Gasteiger partial charge in [0, 0.05) is 31.8 Å². The first kappa shape index (κ1) is 34.3. The molecule has 0 amide bonds. The molecular formula is C45H46N6O2. The van der Waals surface area contributed by atoms with Crippen molar-refractivity contribution in [3.8, 4) is 34.2 Å². The minimum Gasteiger partial charge on any atom is -0.441 e. The van der Waals surface area contributed by atoms with E-state index in [1.165, 1.54) is 27.9 Å². The Kier molecular flexibility index (Phi) is 8.85. The molecule has 4 aromatic heterocycles. The van der Waals surface area contributed by atoms with Crippen molar-refractivity contribution < 1.29 is 8.83 Å². The monoisotopic (exact) mass is 702 g/mol. The highest BCUT2D eigenvalue weighted by atomic mass is 16.4. The van der Waals surface area contributed by atoms with E-state index in [2.05, 4.69) is 128 Å². The largest absolute Gasteiger partial charge is 0.441 e. The molecule has 0 saturated heterocycles. The average Bonchev–Trinajstić information content (AvgIpc) is 3.91. The summed E-state index contributed by atoms with van der Waals surface area (Å²) in [7, 11) is 0. The molecular weight excluding hydrogens is 657 g/mol. The molecule has 0 saturated carbocycles. The molecule has 0 bridgehead atoms. The second-order valence-corrected chi connectivity index (χ2v) is 14.8. The highest BCUT2D eigenvalue weighted by molar-refractivity contribution is 5.89. The maximum absolute atomic E-state index is 6.13. The molecule has 0 aliphatic carbocycles. The summed E-state index contributed by atoms with van der Waals surface area (Å²) in [6.07, 6.45) is 6.92. The van der Waals surface area contributed by atoms with Crippen LogP contribution in [0.3, 0.4) is 0 Å². The highest BCUT2D eigenvalue weighted by Crippen LogP contribution is 2.36. The molecule has 0 aliphatic heterocycles. The fourth-order valence-corrected chi connectivity index (χ4v) is 7.68. The summed E-state index contributed by atoms with van der Waals surface area (Å²) in [4.78, 5) is 19.9. The standard InChI is InChI=1S/C45H46N6O2/c1-26(2)35-17-11-18-36(27(3)4)42(35)51-25-33(48-44(51)32-21-22-40-39(23-32)47-30(7)52-40)15-10-16-34-24-50(41-28(5)13-9-14-29(41)6)45(49-34)37-19-12-20-38-43(37)53-31(8)46-38/h9,11-14,17-27H,10,15-16H2,1-8H3. The van der Waals surface area contributed by atoms with Gasteiger partial charge in [-0.15, -0.1) is 0 Å². The predicted octanol–water partition coefficient (Wildman–Crippen LogP) is 11.3. The van der Waals surface area contributed by atoms with Crippen LogP contribution in [0.2, 0.25) is 0 Å². The zero-order valence-electron chi connectivity index (χ0n) is 31.9. The smallest absolute Gasteiger partial charge is 0.192 e. The van der Waals surface area contributed by atoms with Crippen LogP contribution in [0.5, 0.6) is 0 Å². The lowest BCUT2D eigenvalue weighted by Crippen LogP contribution is -2.07. The van der Waals surface area contributed by atoms with Crippen LogP contribution < -0.4 is 0 Å². The lowest BCUT2D eigenvalue weighted by Gasteiger charge is -2.21. The summed E-state index contributed by atoms with van der Waals surface area (Å²) in [5, 5.41) is 0. The van der Waals surface area contributed by atoms with E-state index >= 15 is 0 Å². The zero-order chi connectivity index (χ0) is 37.0. The zero-order valence-corrected chi connectivity index (χ0v) is 31.9.